The van der Waals surface area contributed by atoms with Gasteiger partial charge >= 0.3 is 0 Å². The van der Waals surface area contributed by atoms with Gasteiger partial charge in [-0.2, -0.15) is 5.26 Å². The Morgan fingerprint density at radius 2 is 2.00 bits per heavy atom. The van der Waals surface area contributed by atoms with Gasteiger partial charge < -0.3 is 14.8 Å². The van der Waals surface area contributed by atoms with Gasteiger partial charge in [0, 0.05) is 0 Å². The van der Waals surface area contributed by atoms with Gasteiger partial charge in [0.2, 0.25) is 0 Å². The third-order valence-electron chi connectivity index (χ3n) is 2.66. The lowest BCUT2D eigenvalue weighted by Crippen LogP contribution is -2.13. The topological polar surface area (TPSA) is 71.3 Å². The second-order valence-electron chi connectivity index (χ2n) is 3.77. The van der Waals surface area contributed by atoms with Gasteiger partial charge in [-0.05, 0) is 23.6 Å². The summed E-state index contributed by atoms with van der Waals surface area (Å²) in [6.45, 7) is 0. The van der Waals surface area contributed by atoms with Crippen LogP contribution in [0.1, 0.15) is 15.2 Å². The van der Waals surface area contributed by atoms with Gasteiger partial charge in [0.15, 0.2) is 0 Å². The fourth-order valence-electron chi connectivity index (χ4n) is 1.72. The molecular formula is C14H12N2O3S. The third kappa shape index (κ3) is 2.58. The van der Waals surface area contributed by atoms with Gasteiger partial charge in [-0.3, -0.25) is 4.79 Å². The number of nitrogens with zero attached hydrogens (tertiary/aromatic N) is 1. The molecule has 0 aliphatic heterocycles. The number of anilines is 1. The largest absolute Gasteiger partial charge is 0.495 e. The fourth-order valence-corrected chi connectivity index (χ4v) is 2.47. The molecule has 0 saturated carbocycles. The Labute approximate surface area is 120 Å². The molecule has 0 radical (unpaired) electrons. The SMILES string of the molecule is COc1ccsc1C(=O)Nc1c(C#N)cccc1OC. The highest BCUT2D eigenvalue weighted by molar-refractivity contribution is 7.12. The zero-order valence-electron chi connectivity index (χ0n) is 11.0. The number of carbonyl (C=O) groups is 1. The van der Waals surface area contributed by atoms with E-state index in [-0.39, 0.29) is 5.91 Å². The Balaban J connectivity index is 2.35. The second-order valence-corrected chi connectivity index (χ2v) is 4.68. The molecule has 1 heterocycles. The van der Waals surface area contributed by atoms with Crippen LogP contribution in [0.25, 0.3) is 0 Å². The molecule has 6 heteroatoms. The molecule has 2 rings (SSSR count). The van der Waals surface area contributed by atoms with Gasteiger partial charge in [-0.15, -0.1) is 11.3 Å². The van der Waals surface area contributed by atoms with Crippen LogP contribution in [0.15, 0.2) is 29.6 Å². The molecular weight excluding hydrogens is 276 g/mol. The van der Waals surface area contributed by atoms with E-state index in [1.165, 1.54) is 25.6 Å². The highest BCUT2D eigenvalue weighted by Gasteiger charge is 2.17. The Morgan fingerprint density at radius 3 is 2.65 bits per heavy atom. The normalized spacial score (nSPS) is 9.65. The van der Waals surface area contributed by atoms with E-state index in [0.29, 0.717) is 27.6 Å². The molecule has 1 N–H and O–H groups in total. The van der Waals surface area contributed by atoms with Crippen molar-refractivity contribution in [2.75, 3.05) is 19.5 Å². The molecule has 0 bridgehead atoms. The summed E-state index contributed by atoms with van der Waals surface area (Å²) in [5.41, 5.74) is 0.700. The van der Waals surface area contributed by atoms with Gasteiger partial charge in [0.1, 0.15) is 28.1 Å². The van der Waals surface area contributed by atoms with Gasteiger partial charge in [-0.1, -0.05) is 6.07 Å². The van der Waals surface area contributed by atoms with Crippen molar-refractivity contribution >= 4 is 22.9 Å². The van der Waals surface area contributed by atoms with Crippen LogP contribution in [-0.2, 0) is 0 Å². The summed E-state index contributed by atoms with van der Waals surface area (Å²) in [5, 5.41) is 13.6. The maximum atomic E-state index is 12.2. The van der Waals surface area contributed by atoms with Gasteiger partial charge in [0.05, 0.1) is 19.8 Å². The quantitative estimate of drug-likeness (QED) is 0.939. The van der Waals surface area contributed by atoms with Crippen molar-refractivity contribution in [2.45, 2.75) is 0 Å². The lowest BCUT2D eigenvalue weighted by atomic mass is 10.1. The van der Waals surface area contributed by atoms with E-state index >= 15 is 0 Å². The van der Waals surface area contributed by atoms with E-state index in [1.807, 2.05) is 6.07 Å². The number of thiophene rings is 1. The summed E-state index contributed by atoms with van der Waals surface area (Å²) in [5.74, 6) is 0.603. The smallest absolute Gasteiger partial charge is 0.269 e. The van der Waals surface area contributed by atoms with E-state index in [4.69, 9.17) is 14.7 Å². The van der Waals surface area contributed by atoms with Gasteiger partial charge in [0.25, 0.3) is 5.91 Å². The summed E-state index contributed by atoms with van der Waals surface area (Å²) in [7, 11) is 2.99. The molecule has 0 aliphatic rings. The van der Waals surface area contributed by atoms with Crippen LogP contribution >= 0.6 is 11.3 Å². The minimum Gasteiger partial charge on any atom is -0.495 e. The van der Waals surface area contributed by atoms with Crippen molar-refractivity contribution in [1.29, 1.82) is 5.26 Å². The zero-order chi connectivity index (χ0) is 14.5. The standard InChI is InChI=1S/C14H12N2O3S/c1-18-10-5-3-4-9(8-15)12(10)16-14(17)13-11(19-2)6-7-20-13/h3-7H,1-2H3,(H,16,17). The lowest BCUT2D eigenvalue weighted by molar-refractivity contribution is 0.102. The molecule has 5 nitrogen and oxygen atoms in total. The first-order valence-electron chi connectivity index (χ1n) is 5.71. The Bertz CT molecular complexity index is 673. The molecule has 2 aromatic rings. The van der Waals surface area contributed by atoms with E-state index < -0.39 is 0 Å². The number of amides is 1. The summed E-state index contributed by atoms with van der Waals surface area (Å²) in [6.07, 6.45) is 0. The molecule has 0 atom stereocenters. The summed E-state index contributed by atoms with van der Waals surface area (Å²) < 4.78 is 10.3. The predicted molar refractivity (Wildman–Crippen MR) is 76.5 cm³/mol. The monoisotopic (exact) mass is 288 g/mol. The molecule has 0 saturated heterocycles. The van der Waals surface area contributed by atoms with Crippen molar-refractivity contribution in [2.24, 2.45) is 0 Å². The summed E-state index contributed by atoms with van der Waals surface area (Å²) >= 11 is 1.27. The number of rotatable bonds is 4. The summed E-state index contributed by atoms with van der Waals surface area (Å²) in [4.78, 5) is 12.7. The molecule has 1 aromatic carbocycles. The predicted octanol–water partition coefficient (Wildman–Crippen LogP) is 2.89. The molecule has 0 unspecified atom stereocenters. The third-order valence-corrected chi connectivity index (χ3v) is 3.55. The van der Waals surface area contributed by atoms with Crippen LogP contribution in [0.3, 0.4) is 0 Å². The van der Waals surface area contributed by atoms with Crippen molar-refractivity contribution < 1.29 is 14.3 Å². The van der Waals surface area contributed by atoms with Gasteiger partial charge in [-0.25, -0.2) is 0 Å². The number of nitrogens with one attached hydrogen (secondary N) is 1. The molecule has 0 aliphatic carbocycles. The lowest BCUT2D eigenvalue weighted by Gasteiger charge is -2.11. The number of benzene rings is 1. The highest BCUT2D eigenvalue weighted by atomic mass is 32.1. The minimum atomic E-state index is -0.335. The zero-order valence-corrected chi connectivity index (χ0v) is 11.8. The van der Waals surface area contributed by atoms with Crippen LogP contribution in [0.4, 0.5) is 5.69 Å². The first-order valence-corrected chi connectivity index (χ1v) is 6.59. The van der Waals surface area contributed by atoms with Crippen LogP contribution in [0.5, 0.6) is 11.5 Å². The van der Waals surface area contributed by atoms with Crippen LogP contribution in [-0.4, -0.2) is 20.1 Å². The highest BCUT2D eigenvalue weighted by Crippen LogP contribution is 2.30. The molecule has 1 amide bonds. The van der Waals surface area contributed by atoms with Crippen LogP contribution in [0, 0.1) is 11.3 Å². The molecule has 1 aromatic heterocycles. The maximum Gasteiger partial charge on any atom is 0.269 e. The van der Waals surface area contributed by atoms with Crippen molar-refractivity contribution in [3.05, 3.63) is 40.1 Å². The molecule has 102 valence electrons. The first-order chi connectivity index (χ1) is 9.71. The summed E-state index contributed by atoms with van der Waals surface area (Å²) in [6, 6.07) is 8.73. The number of para-hydroxylation sites is 1. The first kappa shape index (κ1) is 13.9. The molecule has 0 fully saturated rings. The second kappa shape index (κ2) is 6.08. The minimum absolute atomic E-state index is 0.335. The Kier molecular flexibility index (Phi) is 4.23. The average molecular weight is 288 g/mol. The fraction of sp³-hybridized carbons (Fsp3) is 0.143. The number of hydrogen-bond donors (Lipinski definition) is 1. The number of carbonyl (C=O) groups excluding carboxylic acids is 1. The Hall–Kier alpha value is -2.52. The van der Waals surface area contributed by atoms with E-state index in [0.717, 1.165) is 0 Å². The van der Waals surface area contributed by atoms with Crippen molar-refractivity contribution in [3.63, 3.8) is 0 Å². The molecule has 0 spiro atoms. The number of methoxy groups -OCH3 is 2. The average Bonchev–Trinajstić information content (AvgIpc) is 2.95. The van der Waals surface area contributed by atoms with E-state index in [9.17, 15) is 4.79 Å². The Morgan fingerprint density at radius 1 is 1.25 bits per heavy atom. The number of hydrogen-bond acceptors (Lipinski definition) is 5. The molecule has 20 heavy (non-hydrogen) atoms. The van der Waals surface area contributed by atoms with Crippen molar-refractivity contribution in [1.82, 2.24) is 0 Å². The maximum absolute atomic E-state index is 12.2. The van der Waals surface area contributed by atoms with Crippen LogP contribution in [0.2, 0.25) is 0 Å². The van der Waals surface area contributed by atoms with E-state index in [2.05, 4.69) is 5.32 Å². The van der Waals surface area contributed by atoms with E-state index in [1.54, 1.807) is 29.6 Å². The van der Waals surface area contributed by atoms with Crippen LogP contribution < -0.4 is 14.8 Å². The number of nitriles is 1. The van der Waals surface area contributed by atoms with Crippen molar-refractivity contribution in [3.8, 4) is 17.6 Å². The number of ether oxygens (including phenoxy) is 2.